The Kier molecular flexibility index (Phi) is 3.19. The van der Waals surface area contributed by atoms with Crippen LogP contribution in [0.25, 0.3) is 0 Å². The van der Waals surface area contributed by atoms with Crippen molar-refractivity contribution >= 4 is 23.2 Å². The lowest BCUT2D eigenvalue weighted by molar-refractivity contribution is 0.145. The highest BCUT2D eigenvalue weighted by Gasteiger charge is 2.34. The van der Waals surface area contributed by atoms with E-state index in [2.05, 4.69) is 22.2 Å². The average molecular weight is 241 g/mol. The Morgan fingerprint density at radius 2 is 2.25 bits per heavy atom. The van der Waals surface area contributed by atoms with Gasteiger partial charge in [0.25, 0.3) is 0 Å². The third kappa shape index (κ3) is 2.07. The molecule has 0 aliphatic heterocycles. The Balaban J connectivity index is 2.02. The molecule has 1 fully saturated rings. The lowest BCUT2D eigenvalue weighted by atomic mass is 9.67. The van der Waals surface area contributed by atoms with Crippen molar-refractivity contribution in [2.24, 2.45) is 5.41 Å². The van der Waals surface area contributed by atoms with Crippen LogP contribution in [0.4, 0.5) is 11.6 Å². The normalized spacial score (nSPS) is 17.9. The zero-order chi connectivity index (χ0) is 11.6. The van der Waals surface area contributed by atoms with Crippen LogP contribution < -0.4 is 11.1 Å². The van der Waals surface area contributed by atoms with E-state index < -0.39 is 0 Å². The lowest BCUT2D eigenvalue weighted by Gasteiger charge is -2.41. The molecule has 2 rings (SSSR count). The number of nitrogens with two attached hydrogens (primary N) is 1. The maximum absolute atomic E-state index is 6.01. The van der Waals surface area contributed by atoms with Crippen molar-refractivity contribution in [2.75, 3.05) is 17.6 Å². The number of halogens is 1. The van der Waals surface area contributed by atoms with Crippen LogP contribution in [0.5, 0.6) is 0 Å². The molecule has 0 unspecified atom stereocenters. The van der Waals surface area contributed by atoms with Gasteiger partial charge in [0, 0.05) is 6.54 Å². The zero-order valence-electron chi connectivity index (χ0n) is 9.46. The van der Waals surface area contributed by atoms with Crippen molar-refractivity contribution in [3.05, 3.63) is 11.3 Å². The average Bonchev–Trinajstić information content (AvgIpc) is 2.23. The van der Waals surface area contributed by atoms with Gasteiger partial charge in [0.15, 0.2) is 0 Å². The lowest BCUT2D eigenvalue weighted by Crippen LogP contribution is -2.36. The van der Waals surface area contributed by atoms with Gasteiger partial charge in [-0.1, -0.05) is 24.9 Å². The minimum atomic E-state index is 0.332. The number of nitrogen functional groups attached to an aromatic ring is 1. The van der Waals surface area contributed by atoms with E-state index in [0.717, 1.165) is 6.54 Å². The van der Waals surface area contributed by atoms with Crippen molar-refractivity contribution < 1.29 is 0 Å². The molecule has 4 nitrogen and oxygen atoms in total. The molecule has 0 aromatic carbocycles. The molecule has 1 aliphatic carbocycles. The Labute approximate surface area is 101 Å². The highest BCUT2D eigenvalue weighted by Crippen LogP contribution is 2.43. The molecule has 3 N–H and O–H groups in total. The second-order valence-electron chi connectivity index (χ2n) is 4.48. The van der Waals surface area contributed by atoms with E-state index in [4.69, 9.17) is 17.3 Å². The summed E-state index contributed by atoms with van der Waals surface area (Å²) in [7, 11) is 0. The molecule has 1 aromatic heterocycles. The highest BCUT2D eigenvalue weighted by molar-refractivity contribution is 6.35. The van der Waals surface area contributed by atoms with Crippen LogP contribution in [-0.4, -0.2) is 16.5 Å². The SMILES string of the molecule is CCC1(CNc2ncnc(N)c2Cl)CCC1. The van der Waals surface area contributed by atoms with E-state index in [-0.39, 0.29) is 0 Å². The highest BCUT2D eigenvalue weighted by atomic mass is 35.5. The number of nitrogens with zero attached hydrogens (tertiary/aromatic N) is 2. The summed E-state index contributed by atoms with van der Waals surface area (Å²) in [6, 6.07) is 0. The van der Waals surface area contributed by atoms with E-state index >= 15 is 0 Å². The predicted molar refractivity (Wildman–Crippen MR) is 66.5 cm³/mol. The van der Waals surface area contributed by atoms with Gasteiger partial charge in [0.2, 0.25) is 0 Å². The fourth-order valence-electron chi connectivity index (χ4n) is 2.11. The van der Waals surface area contributed by atoms with Gasteiger partial charge in [-0.3, -0.25) is 0 Å². The molecule has 0 amide bonds. The first-order chi connectivity index (χ1) is 7.67. The molecular formula is C11H17ClN4. The van der Waals surface area contributed by atoms with E-state index in [1.54, 1.807) is 0 Å². The summed E-state index contributed by atoms with van der Waals surface area (Å²) in [6.07, 6.45) is 6.53. The summed E-state index contributed by atoms with van der Waals surface area (Å²) in [5, 5.41) is 3.71. The van der Waals surface area contributed by atoms with Crippen LogP contribution in [0.15, 0.2) is 6.33 Å². The number of aromatic nitrogens is 2. The molecule has 0 spiro atoms. The first-order valence-corrected chi connectivity index (χ1v) is 6.04. The maximum Gasteiger partial charge on any atom is 0.150 e. The van der Waals surface area contributed by atoms with Gasteiger partial charge < -0.3 is 11.1 Å². The predicted octanol–water partition coefficient (Wildman–Crippen LogP) is 2.70. The van der Waals surface area contributed by atoms with E-state index in [9.17, 15) is 0 Å². The molecule has 1 saturated carbocycles. The molecule has 0 atom stereocenters. The summed E-state index contributed by atoms with van der Waals surface area (Å²) >= 11 is 6.01. The van der Waals surface area contributed by atoms with Gasteiger partial charge >= 0.3 is 0 Å². The maximum atomic E-state index is 6.01. The van der Waals surface area contributed by atoms with Gasteiger partial charge in [0.1, 0.15) is 23.0 Å². The fraction of sp³-hybridized carbons (Fsp3) is 0.636. The quantitative estimate of drug-likeness (QED) is 0.850. The van der Waals surface area contributed by atoms with Crippen molar-refractivity contribution in [1.82, 2.24) is 9.97 Å². The van der Waals surface area contributed by atoms with Gasteiger partial charge in [0.05, 0.1) is 0 Å². The summed E-state index contributed by atoms with van der Waals surface area (Å²) in [5.41, 5.74) is 6.05. The van der Waals surface area contributed by atoms with E-state index in [0.29, 0.717) is 22.1 Å². The van der Waals surface area contributed by atoms with Gasteiger partial charge in [-0.15, -0.1) is 0 Å². The van der Waals surface area contributed by atoms with E-state index in [1.807, 2.05) is 0 Å². The van der Waals surface area contributed by atoms with Crippen molar-refractivity contribution in [3.8, 4) is 0 Å². The minimum Gasteiger partial charge on any atom is -0.382 e. The Morgan fingerprint density at radius 1 is 1.50 bits per heavy atom. The largest absolute Gasteiger partial charge is 0.382 e. The smallest absolute Gasteiger partial charge is 0.150 e. The molecule has 1 aliphatic rings. The van der Waals surface area contributed by atoms with Gasteiger partial charge in [-0.25, -0.2) is 9.97 Å². The van der Waals surface area contributed by atoms with Crippen molar-refractivity contribution in [3.63, 3.8) is 0 Å². The van der Waals surface area contributed by atoms with Crippen molar-refractivity contribution in [2.45, 2.75) is 32.6 Å². The van der Waals surface area contributed by atoms with Crippen LogP contribution in [0.2, 0.25) is 5.02 Å². The molecular weight excluding hydrogens is 224 g/mol. The third-order valence-electron chi connectivity index (χ3n) is 3.61. The zero-order valence-corrected chi connectivity index (χ0v) is 10.2. The number of rotatable bonds is 4. The van der Waals surface area contributed by atoms with Crippen LogP contribution in [0.3, 0.4) is 0 Å². The number of anilines is 2. The van der Waals surface area contributed by atoms with Crippen LogP contribution in [0.1, 0.15) is 32.6 Å². The van der Waals surface area contributed by atoms with Crippen LogP contribution >= 0.6 is 11.6 Å². The molecule has 1 heterocycles. The second-order valence-corrected chi connectivity index (χ2v) is 4.86. The molecule has 0 bridgehead atoms. The molecule has 0 saturated heterocycles. The Bertz CT molecular complexity index is 371. The minimum absolute atomic E-state index is 0.332. The fourth-order valence-corrected chi connectivity index (χ4v) is 2.27. The Hall–Kier alpha value is -1.03. The van der Waals surface area contributed by atoms with Crippen LogP contribution in [0, 0.1) is 5.41 Å². The standard InChI is InChI=1S/C11H17ClN4/c1-2-11(4-3-5-11)6-14-10-8(12)9(13)15-7-16-10/h7H,2-6H2,1H3,(H3,13,14,15,16). The van der Waals surface area contributed by atoms with Crippen LogP contribution in [-0.2, 0) is 0 Å². The number of hydrogen-bond donors (Lipinski definition) is 2. The summed E-state index contributed by atoms with van der Waals surface area (Å²) < 4.78 is 0. The summed E-state index contributed by atoms with van der Waals surface area (Å²) in [5.74, 6) is 0.979. The van der Waals surface area contributed by atoms with Crippen molar-refractivity contribution in [1.29, 1.82) is 0 Å². The first-order valence-electron chi connectivity index (χ1n) is 5.67. The first kappa shape index (κ1) is 11.5. The molecule has 5 heteroatoms. The third-order valence-corrected chi connectivity index (χ3v) is 3.98. The number of hydrogen-bond acceptors (Lipinski definition) is 4. The van der Waals surface area contributed by atoms with E-state index in [1.165, 1.54) is 32.0 Å². The molecule has 0 radical (unpaired) electrons. The molecule has 88 valence electrons. The second kappa shape index (κ2) is 4.45. The molecule has 16 heavy (non-hydrogen) atoms. The van der Waals surface area contributed by atoms with Gasteiger partial charge in [-0.2, -0.15) is 0 Å². The Morgan fingerprint density at radius 3 is 2.81 bits per heavy atom. The number of nitrogens with one attached hydrogen (secondary N) is 1. The molecule has 1 aromatic rings. The summed E-state index contributed by atoms with van der Waals surface area (Å²) in [4.78, 5) is 7.93. The summed E-state index contributed by atoms with van der Waals surface area (Å²) in [6.45, 7) is 3.15. The topological polar surface area (TPSA) is 63.8 Å². The van der Waals surface area contributed by atoms with Gasteiger partial charge in [-0.05, 0) is 24.7 Å². The monoisotopic (exact) mass is 240 g/mol.